The number of methoxy groups -OCH3 is 1. The molecule has 0 atom stereocenters. The molecule has 0 aliphatic carbocycles. The van der Waals surface area contributed by atoms with Crippen LogP contribution in [0, 0.1) is 13.8 Å². The van der Waals surface area contributed by atoms with Crippen molar-refractivity contribution in [3.8, 4) is 5.75 Å². The van der Waals surface area contributed by atoms with Crippen molar-refractivity contribution < 1.29 is 9.53 Å². The van der Waals surface area contributed by atoms with E-state index in [0.29, 0.717) is 24.4 Å². The molecule has 0 saturated carbocycles. The van der Waals surface area contributed by atoms with E-state index in [-0.39, 0.29) is 5.91 Å². The standard InChI is InChI=1S/C20H23N5O2/c1-14-12-15(2)25-19(21-14)13-16(22-25)20(26)24-10-8-23(9-11-24)17-6-4-5-7-18(17)27-3/h4-7,12-13H,8-11H2,1-3H3. The summed E-state index contributed by atoms with van der Waals surface area (Å²) in [6.45, 7) is 6.73. The lowest BCUT2D eigenvalue weighted by Gasteiger charge is -2.36. The van der Waals surface area contributed by atoms with Crippen LogP contribution >= 0.6 is 0 Å². The lowest BCUT2D eigenvalue weighted by molar-refractivity contribution is 0.0740. The molecule has 1 aliphatic rings. The lowest BCUT2D eigenvalue weighted by Crippen LogP contribution is -2.49. The average Bonchev–Trinajstić information content (AvgIpc) is 3.12. The van der Waals surface area contributed by atoms with Crippen LogP contribution in [-0.4, -0.2) is 58.7 Å². The molecule has 1 saturated heterocycles. The predicted molar refractivity (Wildman–Crippen MR) is 104 cm³/mol. The summed E-state index contributed by atoms with van der Waals surface area (Å²) >= 11 is 0. The summed E-state index contributed by atoms with van der Waals surface area (Å²) in [6.07, 6.45) is 0. The highest BCUT2D eigenvalue weighted by atomic mass is 16.5. The SMILES string of the molecule is COc1ccccc1N1CCN(C(=O)c2cc3nc(C)cc(C)n3n2)CC1. The van der Waals surface area contributed by atoms with E-state index < -0.39 is 0 Å². The first-order valence-corrected chi connectivity index (χ1v) is 9.08. The van der Waals surface area contributed by atoms with Crippen LogP contribution < -0.4 is 9.64 Å². The van der Waals surface area contributed by atoms with E-state index in [4.69, 9.17) is 4.74 Å². The first-order valence-electron chi connectivity index (χ1n) is 9.08. The van der Waals surface area contributed by atoms with Gasteiger partial charge in [-0.25, -0.2) is 9.50 Å². The number of nitrogens with zero attached hydrogens (tertiary/aromatic N) is 5. The number of benzene rings is 1. The van der Waals surface area contributed by atoms with Crippen molar-refractivity contribution in [1.29, 1.82) is 0 Å². The summed E-state index contributed by atoms with van der Waals surface area (Å²) in [6, 6.07) is 11.7. The summed E-state index contributed by atoms with van der Waals surface area (Å²) in [5, 5.41) is 4.46. The van der Waals surface area contributed by atoms with Gasteiger partial charge < -0.3 is 14.5 Å². The summed E-state index contributed by atoms with van der Waals surface area (Å²) in [4.78, 5) is 21.5. The van der Waals surface area contributed by atoms with E-state index in [1.165, 1.54) is 0 Å². The summed E-state index contributed by atoms with van der Waals surface area (Å²) < 4.78 is 7.18. The fourth-order valence-electron chi connectivity index (χ4n) is 3.59. The number of para-hydroxylation sites is 2. The van der Waals surface area contributed by atoms with E-state index in [1.54, 1.807) is 17.7 Å². The molecule has 140 valence electrons. The number of carbonyl (C=O) groups excluding carboxylic acids is 1. The van der Waals surface area contributed by atoms with Crippen molar-refractivity contribution in [1.82, 2.24) is 19.5 Å². The number of ether oxygens (including phenoxy) is 1. The van der Waals surface area contributed by atoms with Crippen LogP contribution in [0.5, 0.6) is 5.75 Å². The van der Waals surface area contributed by atoms with Crippen molar-refractivity contribution in [2.24, 2.45) is 0 Å². The van der Waals surface area contributed by atoms with Gasteiger partial charge in [0.15, 0.2) is 11.3 Å². The number of piperazine rings is 1. The third-order valence-corrected chi connectivity index (χ3v) is 4.95. The maximum absolute atomic E-state index is 12.9. The molecule has 7 heteroatoms. The number of carbonyl (C=O) groups is 1. The Bertz CT molecular complexity index is 989. The van der Waals surface area contributed by atoms with E-state index in [9.17, 15) is 4.79 Å². The van der Waals surface area contributed by atoms with Gasteiger partial charge in [0, 0.05) is 43.6 Å². The van der Waals surface area contributed by atoms with Crippen molar-refractivity contribution in [3.63, 3.8) is 0 Å². The molecule has 1 aliphatic heterocycles. The average molecular weight is 365 g/mol. The molecule has 0 spiro atoms. The molecule has 2 aromatic heterocycles. The predicted octanol–water partition coefficient (Wildman–Crippen LogP) is 2.32. The molecular formula is C20H23N5O2. The van der Waals surface area contributed by atoms with Gasteiger partial charge in [0.25, 0.3) is 5.91 Å². The number of anilines is 1. The fourth-order valence-corrected chi connectivity index (χ4v) is 3.59. The van der Waals surface area contributed by atoms with Crippen LogP contribution in [0.15, 0.2) is 36.4 Å². The lowest BCUT2D eigenvalue weighted by atomic mass is 10.2. The Morgan fingerprint density at radius 2 is 1.81 bits per heavy atom. The van der Waals surface area contributed by atoms with Gasteiger partial charge in [0.2, 0.25) is 0 Å². The number of rotatable bonds is 3. The zero-order valence-corrected chi connectivity index (χ0v) is 15.8. The topological polar surface area (TPSA) is 63.0 Å². The van der Waals surface area contributed by atoms with Crippen LogP contribution in [0.3, 0.4) is 0 Å². The van der Waals surface area contributed by atoms with Crippen molar-refractivity contribution >= 4 is 17.2 Å². The number of amides is 1. The molecule has 0 bridgehead atoms. The highest BCUT2D eigenvalue weighted by Crippen LogP contribution is 2.28. The minimum atomic E-state index is -0.0442. The number of hydrogen-bond acceptors (Lipinski definition) is 5. The molecule has 1 fully saturated rings. The number of aryl methyl sites for hydroxylation is 2. The van der Waals surface area contributed by atoms with E-state index >= 15 is 0 Å². The Hall–Kier alpha value is -3.09. The minimum absolute atomic E-state index is 0.0442. The van der Waals surface area contributed by atoms with Crippen molar-refractivity contribution in [2.75, 3.05) is 38.2 Å². The highest BCUT2D eigenvalue weighted by molar-refractivity contribution is 5.93. The third-order valence-electron chi connectivity index (χ3n) is 4.95. The van der Waals surface area contributed by atoms with E-state index in [0.717, 1.165) is 35.9 Å². The second-order valence-electron chi connectivity index (χ2n) is 6.79. The zero-order chi connectivity index (χ0) is 19.0. The maximum Gasteiger partial charge on any atom is 0.274 e. The van der Waals surface area contributed by atoms with Gasteiger partial charge >= 0.3 is 0 Å². The van der Waals surface area contributed by atoms with Crippen LogP contribution in [-0.2, 0) is 0 Å². The molecule has 1 amide bonds. The molecule has 1 aromatic carbocycles. The highest BCUT2D eigenvalue weighted by Gasteiger charge is 2.25. The van der Waals surface area contributed by atoms with Gasteiger partial charge in [0.05, 0.1) is 12.8 Å². The quantitative estimate of drug-likeness (QED) is 0.713. The maximum atomic E-state index is 12.9. The fraction of sp³-hybridized carbons (Fsp3) is 0.350. The summed E-state index contributed by atoms with van der Waals surface area (Å²) in [7, 11) is 1.68. The Kier molecular flexibility index (Phi) is 4.43. The number of fused-ring (bicyclic) bond motifs is 1. The zero-order valence-electron chi connectivity index (χ0n) is 15.8. The van der Waals surface area contributed by atoms with Gasteiger partial charge in [-0.1, -0.05) is 12.1 Å². The van der Waals surface area contributed by atoms with Crippen LogP contribution in [0.1, 0.15) is 21.9 Å². The van der Waals surface area contributed by atoms with E-state index in [1.807, 2.05) is 43.0 Å². The normalized spacial score (nSPS) is 14.6. The third kappa shape index (κ3) is 3.20. The molecule has 4 rings (SSSR count). The Labute approximate surface area is 158 Å². The van der Waals surface area contributed by atoms with E-state index in [2.05, 4.69) is 21.0 Å². The molecule has 0 radical (unpaired) electrons. The first kappa shape index (κ1) is 17.3. The number of aromatic nitrogens is 3. The Morgan fingerprint density at radius 1 is 1.07 bits per heavy atom. The first-order chi connectivity index (χ1) is 13.1. The molecule has 0 unspecified atom stereocenters. The second kappa shape index (κ2) is 6.90. The Balaban J connectivity index is 1.50. The van der Waals surface area contributed by atoms with Gasteiger partial charge in [-0.3, -0.25) is 4.79 Å². The van der Waals surface area contributed by atoms with Gasteiger partial charge in [-0.05, 0) is 32.0 Å². The monoisotopic (exact) mass is 365 g/mol. The smallest absolute Gasteiger partial charge is 0.274 e. The molecule has 3 heterocycles. The molecule has 0 N–H and O–H groups in total. The molecular weight excluding hydrogens is 342 g/mol. The van der Waals surface area contributed by atoms with Crippen LogP contribution in [0.25, 0.3) is 5.65 Å². The molecule has 7 nitrogen and oxygen atoms in total. The van der Waals surface area contributed by atoms with Gasteiger partial charge in [-0.15, -0.1) is 0 Å². The number of hydrogen-bond donors (Lipinski definition) is 0. The van der Waals surface area contributed by atoms with Crippen molar-refractivity contribution in [2.45, 2.75) is 13.8 Å². The van der Waals surface area contributed by atoms with Crippen molar-refractivity contribution in [3.05, 3.63) is 53.5 Å². The van der Waals surface area contributed by atoms with Crippen LogP contribution in [0.2, 0.25) is 0 Å². The minimum Gasteiger partial charge on any atom is -0.495 e. The van der Waals surface area contributed by atoms with Gasteiger partial charge in [-0.2, -0.15) is 5.10 Å². The van der Waals surface area contributed by atoms with Gasteiger partial charge in [0.1, 0.15) is 5.75 Å². The summed E-state index contributed by atoms with van der Waals surface area (Å²) in [5.41, 5.74) is 4.11. The summed E-state index contributed by atoms with van der Waals surface area (Å²) in [5.74, 6) is 0.812. The molecule has 3 aromatic rings. The molecule has 27 heavy (non-hydrogen) atoms. The Morgan fingerprint density at radius 3 is 2.56 bits per heavy atom. The second-order valence-corrected chi connectivity index (χ2v) is 6.79. The largest absolute Gasteiger partial charge is 0.495 e. The van der Waals surface area contributed by atoms with Crippen LogP contribution in [0.4, 0.5) is 5.69 Å².